The summed E-state index contributed by atoms with van der Waals surface area (Å²) in [6.45, 7) is 14.0. The SMILES string of the molecule is C[Si](C)(C)CCCOP(=O)(O)CCCP(=O)(O)OCCC[Si](C)(C)C. The van der Waals surface area contributed by atoms with Gasteiger partial charge in [-0.2, -0.15) is 0 Å². The summed E-state index contributed by atoms with van der Waals surface area (Å²) in [5.74, 6) is 0. The quantitative estimate of drug-likeness (QED) is 0.222. The van der Waals surface area contributed by atoms with E-state index in [4.69, 9.17) is 9.05 Å². The molecule has 0 aliphatic carbocycles. The predicted octanol–water partition coefficient (Wildman–Crippen LogP) is 5.24. The highest BCUT2D eigenvalue weighted by Gasteiger charge is 2.25. The number of rotatable bonds is 14. The molecule has 0 saturated carbocycles. The minimum absolute atomic E-state index is 0.108. The average Bonchev–Trinajstić information content (AvgIpc) is 2.37. The van der Waals surface area contributed by atoms with Crippen LogP contribution in [-0.2, 0) is 18.2 Å². The minimum Gasteiger partial charge on any atom is -0.324 e. The molecule has 0 aliphatic rings. The van der Waals surface area contributed by atoms with Gasteiger partial charge in [0.2, 0.25) is 0 Å². The summed E-state index contributed by atoms with van der Waals surface area (Å²) in [6, 6.07) is 2.09. The number of hydrogen-bond donors (Lipinski definition) is 2. The molecular weight excluding hydrogens is 394 g/mol. The molecule has 0 fully saturated rings. The van der Waals surface area contributed by atoms with Crippen molar-refractivity contribution in [3.8, 4) is 0 Å². The van der Waals surface area contributed by atoms with Crippen LogP contribution in [0.5, 0.6) is 0 Å². The molecule has 0 rings (SSSR count). The Morgan fingerprint density at radius 2 is 1.00 bits per heavy atom. The first kappa shape index (κ1) is 25.7. The Kier molecular flexibility index (Phi) is 11.2. The summed E-state index contributed by atoms with van der Waals surface area (Å²) in [7, 11) is -9.70. The van der Waals surface area contributed by atoms with Gasteiger partial charge in [-0.25, -0.2) is 0 Å². The van der Waals surface area contributed by atoms with Crippen LogP contribution < -0.4 is 0 Å². The van der Waals surface area contributed by atoms with Crippen LogP contribution >= 0.6 is 15.2 Å². The molecule has 10 heteroatoms. The van der Waals surface area contributed by atoms with Gasteiger partial charge in [0.1, 0.15) is 0 Å². The van der Waals surface area contributed by atoms with Gasteiger partial charge < -0.3 is 18.8 Å². The lowest BCUT2D eigenvalue weighted by atomic mass is 10.5. The van der Waals surface area contributed by atoms with E-state index < -0.39 is 31.3 Å². The largest absolute Gasteiger partial charge is 0.328 e. The molecule has 0 heterocycles. The monoisotopic (exact) mass is 432 g/mol. The third kappa shape index (κ3) is 17.9. The van der Waals surface area contributed by atoms with E-state index in [9.17, 15) is 18.9 Å². The molecule has 0 spiro atoms. The topological polar surface area (TPSA) is 93.1 Å². The Morgan fingerprint density at radius 1 is 0.680 bits per heavy atom. The average molecular weight is 433 g/mol. The lowest BCUT2D eigenvalue weighted by molar-refractivity contribution is 0.255. The zero-order chi connectivity index (χ0) is 19.8. The Bertz CT molecular complexity index is 432. The van der Waals surface area contributed by atoms with Crippen LogP contribution in [0.3, 0.4) is 0 Å². The third-order valence-corrected chi connectivity index (χ3v) is 10.3. The molecule has 152 valence electrons. The Labute approximate surface area is 155 Å². The molecule has 2 N–H and O–H groups in total. The normalized spacial score (nSPS) is 17.9. The van der Waals surface area contributed by atoms with Gasteiger partial charge in [-0.1, -0.05) is 51.4 Å². The molecule has 0 bridgehead atoms. The Balaban J connectivity index is 3.97. The van der Waals surface area contributed by atoms with Crippen molar-refractivity contribution >= 4 is 31.3 Å². The van der Waals surface area contributed by atoms with Crippen LogP contribution in [-0.4, -0.2) is 51.5 Å². The molecule has 2 unspecified atom stereocenters. The van der Waals surface area contributed by atoms with Crippen molar-refractivity contribution < 1.29 is 28.0 Å². The fourth-order valence-electron chi connectivity index (χ4n) is 2.22. The first-order valence-corrected chi connectivity index (χ1v) is 20.0. The maximum Gasteiger partial charge on any atom is 0.328 e. The summed E-state index contributed by atoms with van der Waals surface area (Å²) in [4.78, 5) is 19.6. The van der Waals surface area contributed by atoms with Gasteiger partial charge in [-0.3, -0.25) is 9.13 Å². The highest BCUT2D eigenvalue weighted by molar-refractivity contribution is 7.53. The summed E-state index contributed by atoms with van der Waals surface area (Å²) in [5.41, 5.74) is 0. The van der Waals surface area contributed by atoms with Crippen LogP contribution in [0.2, 0.25) is 51.4 Å². The van der Waals surface area contributed by atoms with E-state index in [1.54, 1.807) is 0 Å². The Hall–Kier alpha value is 0.734. The van der Waals surface area contributed by atoms with Crippen molar-refractivity contribution in [3.05, 3.63) is 0 Å². The van der Waals surface area contributed by atoms with Crippen LogP contribution in [0.25, 0.3) is 0 Å². The highest BCUT2D eigenvalue weighted by atomic mass is 31.2. The zero-order valence-corrected chi connectivity index (χ0v) is 20.6. The molecule has 0 amide bonds. The standard InChI is InChI=1S/C15H38O6P2Si2/c1-24(2,3)14-7-10-20-22(16,17)12-9-13-23(18,19)21-11-8-15-25(4,5)6/h7-15H2,1-6H3,(H,16,17)(H,18,19). The first-order chi connectivity index (χ1) is 11.1. The van der Waals surface area contributed by atoms with Crippen molar-refractivity contribution in [1.29, 1.82) is 0 Å². The van der Waals surface area contributed by atoms with Gasteiger partial charge in [0, 0.05) is 16.1 Å². The van der Waals surface area contributed by atoms with Crippen LogP contribution in [0, 0.1) is 0 Å². The minimum atomic E-state index is -3.68. The van der Waals surface area contributed by atoms with E-state index in [1.807, 2.05) is 0 Å². The van der Waals surface area contributed by atoms with Crippen LogP contribution in [0.1, 0.15) is 19.3 Å². The number of hydrogen-bond acceptors (Lipinski definition) is 4. The second kappa shape index (κ2) is 10.9. The van der Waals surface area contributed by atoms with Gasteiger partial charge in [0.05, 0.1) is 25.5 Å². The fourth-order valence-corrected chi connectivity index (χ4v) is 7.08. The predicted molar refractivity (Wildman–Crippen MR) is 111 cm³/mol. The maximum atomic E-state index is 11.9. The lowest BCUT2D eigenvalue weighted by Gasteiger charge is -2.18. The summed E-state index contributed by atoms with van der Waals surface area (Å²) < 4.78 is 34.1. The third-order valence-electron chi connectivity index (χ3n) is 3.61. The highest BCUT2D eigenvalue weighted by Crippen LogP contribution is 2.47. The van der Waals surface area contributed by atoms with Crippen molar-refractivity contribution in [2.45, 2.75) is 70.6 Å². The lowest BCUT2D eigenvalue weighted by Crippen LogP contribution is -2.19. The summed E-state index contributed by atoms with van der Waals surface area (Å²) in [5, 5.41) is 0. The molecule has 0 aromatic carbocycles. The fraction of sp³-hybridized carbons (Fsp3) is 1.00. The molecule has 2 atom stereocenters. The van der Waals surface area contributed by atoms with E-state index in [-0.39, 0.29) is 32.0 Å². The van der Waals surface area contributed by atoms with Gasteiger partial charge in [0.15, 0.2) is 0 Å². The van der Waals surface area contributed by atoms with E-state index in [0.717, 1.165) is 24.9 Å². The van der Waals surface area contributed by atoms with Crippen molar-refractivity contribution in [3.63, 3.8) is 0 Å². The molecule has 0 aromatic rings. The maximum absolute atomic E-state index is 11.9. The Morgan fingerprint density at radius 3 is 1.28 bits per heavy atom. The second-order valence-electron chi connectivity index (χ2n) is 9.07. The molecule has 0 saturated heterocycles. The van der Waals surface area contributed by atoms with E-state index in [1.165, 1.54) is 0 Å². The molecule has 25 heavy (non-hydrogen) atoms. The van der Waals surface area contributed by atoms with Crippen molar-refractivity contribution in [2.24, 2.45) is 0 Å². The smallest absolute Gasteiger partial charge is 0.324 e. The molecular formula is C15H38O6P2Si2. The molecule has 6 nitrogen and oxygen atoms in total. The summed E-state index contributed by atoms with van der Waals surface area (Å²) >= 11 is 0. The zero-order valence-electron chi connectivity index (χ0n) is 16.8. The van der Waals surface area contributed by atoms with Crippen molar-refractivity contribution in [2.75, 3.05) is 25.5 Å². The molecule has 0 radical (unpaired) electrons. The van der Waals surface area contributed by atoms with Crippen LogP contribution in [0.4, 0.5) is 0 Å². The van der Waals surface area contributed by atoms with Crippen molar-refractivity contribution in [1.82, 2.24) is 0 Å². The second-order valence-corrected chi connectivity index (χ2v) is 24.3. The van der Waals surface area contributed by atoms with Crippen LogP contribution in [0.15, 0.2) is 0 Å². The van der Waals surface area contributed by atoms with E-state index >= 15 is 0 Å². The van der Waals surface area contributed by atoms with Gasteiger partial charge >= 0.3 is 15.2 Å². The van der Waals surface area contributed by atoms with Gasteiger partial charge in [0.25, 0.3) is 0 Å². The van der Waals surface area contributed by atoms with Gasteiger partial charge in [-0.05, 0) is 19.3 Å². The molecule has 0 aromatic heterocycles. The first-order valence-electron chi connectivity index (χ1n) is 9.05. The van der Waals surface area contributed by atoms with E-state index in [0.29, 0.717) is 0 Å². The van der Waals surface area contributed by atoms with E-state index in [2.05, 4.69) is 39.3 Å². The summed E-state index contributed by atoms with van der Waals surface area (Å²) in [6.07, 6.45) is 1.48. The molecule has 0 aliphatic heterocycles. The van der Waals surface area contributed by atoms with Gasteiger partial charge in [-0.15, -0.1) is 0 Å².